The van der Waals surface area contributed by atoms with Crippen LogP contribution in [-0.4, -0.2) is 38.1 Å². The summed E-state index contributed by atoms with van der Waals surface area (Å²) in [6.45, 7) is 0. The van der Waals surface area contributed by atoms with E-state index in [0.717, 1.165) is 0 Å². The highest BCUT2D eigenvalue weighted by atomic mass is 16.5. The second-order valence-electron chi connectivity index (χ2n) is 5.84. The first kappa shape index (κ1) is 18.3. The number of aliphatic hydroxyl groups excluding tert-OH is 1. The third-order valence-electron chi connectivity index (χ3n) is 4.37. The molecule has 7 nitrogen and oxygen atoms in total. The Morgan fingerprint density at radius 3 is 2.19 bits per heavy atom. The summed E-state index contributed by atoms with van der Waals surface area (Å²) in [6, 6.07) is 10.8. The van der Waals surface area contributed by atoms with Crippen LogP contribution in [-0.2, 0) is 9.59 Å². The lowest BCUT2D eigenvalue weighted by atomic mass is 9.95. The number of methoxy groups -OCH3 is 3. The van der Waals surface area contributed by atoms with Crippen molar-refractivity contribution in [2.45, 2.75) is 6.04 Å². The molecule has 0 spiro atoms. The molecule has 1 saturated heterocycles. The maximum Gasteiger partial charge on any atom is 0.293 e. The van der Waals surface area contributed by atoms with Crippen LogP contribution in [0.25, 0.3) is 5.76 Å². The highest BCUT2D eigenvalue weighted by molar-refractivity contribution is 6.46. The predicted molar refractivity (Wildman–Crippen MR) is 98.0 cm³/mol. The standard InChI is InChI=1S/C20H19NO6/c1-25-13-7-4-11(5-8-13)18(22)16-17(21-20(24)19(16)23)12-6-9-14(26-2)15(10-12)27-3/h4-10,17,22H,1-3H3,(H,21,24). The van der Waals surface area contributed by atoms with E-state index in [9.17, 15) is 14.7 Å². The maximum absolute atomic E-state index is 12.4. The quantitative estimate of drug-likeness (QED) is 0.478. The number of ketones is 1. The van der Waals surface area contributed by atoms with Gasteiger partial charge in [-0.3, -0.25) is 9.59 Å². The number of benzene rings is 2. The topological polar surface area (TPSA) is 94.1 Å². The van der Waals surface area contributed by atoms with Crippen LogP contribution < -0.4 is 19.5 Å². The number of carbonyl (C=O) groups is 2. The molecule has 2 aromatic rings. The van der Waals surface area contributed by atoms with Crippen LogP contribution in [0.3, 0.4) is 0 Å². The van der Waals surface area contributed by atoms with Gasteiger partial charge in [0.05, 0.1) is 32.9 Å². The number of ether oxygens (including phenoxy) is 3. The second kappa shape index (κ2) is 7.41. The Morgan fingerprint density at radius 2 is 1.59 bits per heavy atom. The Kier molecular flexibility index (Phi) is 5.03. The minimum absolute atomic E-state index is 0.0163. The summed E-state index contributed by atoms with van der Waals surface area (Å²) in [5, 5.41) is 13.3. The summed E-state index contributed by atoms with van der Waals surface area (Å²) >= 11 is 0. The van der Waals surface area contributed by atoms with Crippen molar-refractivity contribution in [2.75, 3.05) is 21.3 Å². The fourth-order valence-electron chi connectivity index (χ4n) is 2.95. The molecule has 2 aromatic carbocycles. The van der Waals surface area contributed by atoms with E-state index in [0.29, 0.717) is 28.4 Å². The molecule has 27 heavy (non-hydrogen) atoms. The van der Waals surface area contributed by atoms with Crippen LogP contribution in [0.4, 0.5) is 0 Å². The SMILES string of the molecule is COc1ccc(C(O)=C2C(=O)C(=O)NC2c2ccc(OC)c(OC)c2)cc1. The molecule has 0 saturated carbocycles. The molecule has 1 fully saturated rings. The summed E-state index contributed by atoms with van der Waals surface area (Å²) in [6.07, 6.45) is 0. The van der Waals surface area contributed by atoms with Crippen LogP contribution >= 0.6 is 0 Å². The summed E-state index contributed by atoms with van der Waals surface area (Å²) < 4.78 is 15.6. The van der Waals surface area contributed by atoms with Gasteiger partial charge in [-0.2, -0.15) is 0 Å². The Labute approximate surface area is 156 Å². The normalized spacial score (nSPS) is 18.1. The van der Waals surface area contributed by atoms with Crippen molar-refractivity contribution in [3.8, 4) is 17.2 Å². The fraction of sp³-hybridized carbons (Fsp3) is 0.200. The summed E-state index contributed by atoms with van der Waals surface area (Å²) in [5.74, 6) is -0.234. The minimum atomic E-state index is -0.799. The smallest absolute Gasteiger partial charge is 0.293 e. The molecule has 0 bridgehead atoms. The Balaban J connectivity index is 2.08. The Bertz CT molecular complexity index is 917. The van der Waals surface area contributed by atoms with E-state index in [1.54, 1.807) is 42.5 Å². The number of amides is 1. The Hall–Kier alpha value is -3.48. The van der Waals surface area contributed by atoms with Gasteiger partial charge in [0, 0.05) is 5.56 Å². The van der Waals surface area contributed by atoms with Gasteiger partial charge in [-0.25, -0.2) is 0 Å². The number of carbonyl (C=O) groups excluding carboxylic acids is 2. The second-order valence-corrected chi connectivity index (χ2v) is 5.84. The van der Waals surface area contributed by atoms with E-state index >= 15 is 0 Å². The van der Waals surface area contributed by atoms with Gasteiger partial charge in [-0.15, -0.1) is 0 Å². The van der Waals surface area contributed by atoms with Gasteiger partial charge in [0.2, 0.25) is 0 Å². The first-order valence-electron chi connectivity index (χ1n) is 8.14. The van der Waals surface area contributed by atoms with Gasteiger partial charge in [0.25, 0.3) is 11.7 Å². The zero-order chi connectivity index (χ0) is 19.6. The molecule has 2 N–H and O–H groups in total. The highest BCUT2D eigenvalue weighted by Crippen LogP contribution is 2.37. The lowest BCUT2D eigenvalue weighted by Gasteiger charge is -2.16. The average Bonchev–Trinajstić information content (AvgIpc) is 3.01. The molecule has 1 heterocycles. The largest absolute Gasteiger partial charge is 0.507 e. The zero-order valence-electron chi connectivity index (χ0n) is 15.1. The van der Waals surface area contributed by atoms with E-state index in [2.05, 4.69) is 5.32 Å². The number of hydrogen-bond donors (Lipinski definition) is 2. The summed E-state index contributed by atoms with van der Waals surface area (Å²) in [7, 11) is 4.54. The van der Waals surface area contributed by atoms with Crippen LogP contribution in [0.5, 0.6) is 17.2 Å². The fourth-order valence-corrected chi connectivity index (χ4v) is 2.95. The molecule has 1 amide bonds. The van der Waals surface area contributed by atoms with Crippen molar-refractivity contribution in [3.63, 3.8) is 0 Å². The van der Waals surface area contributed by atoms with Crippen LogP contribution in [0, 0.1) is 0 Å². The summed E-state index contributed by atoms with van der Waals surface area (Å²) in [5.41, 5.74) is 0.973. The van der Waals surface area contributed by atoms with Crippen LogP contribution in [0.15, 0.2) is 48.0 Å². The van der Waals surface area contributed by atoms with Crippen LogP contribution in [0.2, 0.25) is 0 Å². The third kappa shape index (κ3) is 3.31. The van der Waals surface area contributed by atoms with Crippen molar-refractivity contribution in [1.82, 2.24) is 5.32 Å². The molecule has 7 heteroatoms. The van der Waals surface area contributed by atoms with Crippen molar-refractivity contribution in [1.29, 1.82) is 0 Å². The molecular formula is C20H19NO6. The molecule has 0 aliphatic carbocycles. The van der Waals surface area contributed by atoms with E-state index in [1.807, 2.05) is 0 Å². The van der Waals surface area contributed by atoms with E-state index < -0.39 is 17.7 Å². The monoisotopic (exact) mass is 369 g/mol. The lowest BCUT2D eigenvalue weighted by molar-refractivity contribution is -0.133. The van der Waals surface area contributed by atoms with Gasteiger partial charge in [0.15, 0.2) is 11.5 Å². The zero-order valence-corrected chi connectivity index (χ0v) is 15.1. The van der Waals surface area contributed by atoms with Gasteiger partial charge in [0.1, 0.15) is 11.5 Å². The molecule has 1 unspecified atom stereocenters. The molecule has 0 radical (unpaired) electrons. The van der Waals surface area contributed by atoms with Gasteiger partial charge in [-0.05, 0) is 42.0 Å². The highest BCUT2D eigenvalue weighted by Gasteiger charge is 2.39. The number of rotatable bonds is 5. The minimum Gasteiger partial charge on any atom is -0.507 e. The number of aliphatic hydroxyl groups is 1. The van der Waals surface area contributed by atoms with Crippen molar-refractivity contribution < 1.29 is 28.9 Å². The van der Waals surface area contributed by atoms with Gasteiger partial charge in [-0.1, -0.05) is 6.07 Å². The molecule has 140 valence electrons. The van der Waals surface area contributed by atoms with Gasteiger partial charge < -0.3 is 24.6 Å². The molecule has 1 aliphatic heterocycles. The number of nitrogens with one attached hydrogen (secondary N) is 1. The van der Waals surface area contributed by atoms with Crippen molar-refractivity contribution >= 4 is 17.4 Å². The van der Waals surface area contributed by atoms with E-state index in [-0.39, 0.29) is 11.3 Å². The molecular weight excluding hydrogens is 350 g/mol. The van der Waals surface area contributed by atoms with Gasteiger partial charge >= 0.3 is 0 Å². The van der Waals surface area contributed by atoms with Crippen molar-refractivity contribution in [2.24, 2.45) is 0 Å². The molecule has 0 aromatic heterocycles. The third-order valence-corrected chi connectivity index (χ3v) is 4.37. The lowest BCUT2D eigenvalue weighted by Crippen LogP contribution is -2.21. The Morgan fingerprint density at radius 1 is 0.926 bits per heavy atom. The molecule has 1 atom stereocenters. The van der Waals surface area contributed by atoms with E-state index in [4.69, 9.17) is 14.2 Å². The first-order chi connectivity index (χ1) is 13.0. The predicted octanol–water partition coefficient (Wildman–Crippen LogP) is 2.42. The van der Waals surface area contributed by atoms with Crippen LogP contribution in [0.1, 0.15) is 17.2 Å². The maximum atomic E-state index is 12.4. The molecule has 1 aliphatic rings. The molecule has 3 rings (SSSR count). The number of hydrogen-bond acceptors (Lipinski definition) is 6. The summed E-state index contributed by atoms with van der Waals surface area (Å²) in [4.78, 5) is 24.4. The van der Waals surface area contributed by atoms with Crippen molar-refractivity contribution in [3.05, 3.63) is 59.2 Å². The average molecular weight is 369 g/mol. The van der Waals surface area contributed by atoms with E-state index in [1.165, 1.54) is 21.3 Å². The first-order valence-corrected chi connectivity index (χ1v) is 8.14. The number of Topliss-reactive ketones (excluding diaryl/α,β-unsaturated/α-hetero) is 1.